The van der Waals surface area contributed by atoms with Gasteiger partial charge in [-0.1, -0.05) is 0 Å². The molecule has 6 atom stereocenters. The number of hydrogen-bond donors (Lipinski definition) is 2. The van der Waals surface area contributed by atoms with E-state index in [2.05, 4.69) is 34.3 Å². The number of likely N-dealkylation sites (N-methyl/N-ethyl adjacent to an activating group) is 2. The second-order valence-corrected chi connectivity index (χ2v) is 9.26. The molecule has 4 fully saturated rings. The Morgan fingerprint density at radius 3 is 2.04 bits per heavy atom. The number of thioether (sulfide) groups is 1. The van der Waals surface area contributed by atoms with Crippen LogP contribution in [0.1, 0.15) is 52.4 Å². The summed E-state index contributed by atoms with van der Waals surface area (Å²) in [6.45, 7) is 4.30. The number of carbonyl (C=O) groups is 2. The smallest absolute Gasteiger partial charge is 0.240 e. The number of piperidine rings is 2. The summed E-state index contributed by atoms with van der Waals surface area (Å²) in [7, 11) is 3.75. The molecule has 0 aromatic rings. The van der Waals surface area contributed by atoms with Crippen molar-refractivity contribution in [2.24, 2.45) is 0 Å². The van der Waals surface area contributed by atoms with Gasteiger partial charge in [-0.2, -0.15) is 0 Å². The van der Waals surface area contributed by atoms with Crippen LogP contribution in [0.5, 0.6) is 0 Å². The highest BCUT2D eigenvalue weighted by Gasteiger charge is 2.42. The first kappa shape index (κ1) is 20.0. The minimum absolute atomic E-state index is 0.0670. The highest BCUT2D eigenvalue weighted by molar-refractivity contribution is 8.00. The van der Waals surface area contributed by atoms with Gasteiger partial charge in [0.2, 0.25) is 11.8 Å². The normalized spacial score (nSPS) is 39.4. The van der Waals surface area contributed by atoms with E-state index in [4.69, 9.17) is 0 Å². The monoisotopic (exact) mass is 382 g/mol. The number of amides is 2. The molecule has 148 valence electrons. The van der Waals surface area contributed by atoms with Crippen LogP contribution in [0, 0.1) is 0 Å². The minimum atomic E-state index is 0.0670. The number of nitrogens with zero attached hydrogens (tertiary/aromatic N) is 2. The molecule has 2 amide bonds. The fraction of sp³-hybridized carbons (Fsp3) is 0.895. The summed E-state index contributed by atoms with van der Waals surface area (Å²) in [5.41, 5.74) is 0. The van der Waals surface area contributed by atoms with Gasteiger partial charge in [-0.05, 0) is 66.5 Å². The number of fused-ring (bicyclic) bond motifs is 2. The Balaban J connectivity index is 0.000000151. The molecule has 0 spiro atoms. The van der Waals surface area contributed by atoms with Crippen LogP contribution in [-0.2, 0) is 9.59 Å². The number of nitrogens with one attached hydrogen (secondary N) is 2. The third-order valence-corrected chi connectivity index (χ3v) is 7.92. The predicted octanol–water partition coefficient (Wildman–Crippen LogP) is 1.41. The molecule has 4 rings (SSSR count). The third kappa shape index (κ3) is 3.76. The third-order valence-electron chi connectivity index (χ3n) is 6.39. The van der Waals surface area contributed by atoms with Gasteiger partial charge >= 0.3 is 0 Å². The second kappa shape index (κ2) is 8.48. The first-order valence-electron chi connectivity index (χ1n) is 10.1. The Kier molecular flexibility index (Phi) is 6.51. The van der Waals surface area contributed by atoms with Crippen molar-refractivity contribution in [3.8, 4) is 0 Å². The molecule has 0 bridgehead atoms. The molecule has 0 aromatic carbocycles. The highest BCUT2D eigenvalue weighted by Crippen LogP contribution is 2.36. The van der Waals surface area contributed by atoms with Crippen LogP contribution >= 0.6 is 11.8 Å². The molecule has 4 saturated heterocycles. The quantitative estimate of drug-likeness (QED) is 0.756. The van der Waals surface area contributed by atoms with Crippen molar-refractivity contribution < 1.29 is 9.59 Å². The van der Waals surface area contributed by atoms with E-state index in [0.29, 0.717) is 35.3 Å². The van der Waals surface area contributed by atoms with Crippen molar-refractivity contribution in [3.63, 3.8) is 0 Å². The van der Waals surface area contributed by atoms with Crippen LogP contribution in [0.25, 0.3) is 0 Å². The van der Waals surface area contributed by atoms with E-state index in [1.165, 1.54) is 19.3 Å². The topological polar surface area (TPSA) is 64.7 Å². The molecule has 0 saturated carbocycles. The van der Waals surface area contributed by atoms with Crippen LogP contribution in [0.2, 0.25) is 0 Å². The van der Waals surface area contributed by atoms with Crippen LogP contribution in [0.15, 0.2) is 0 Å². The lowest BCUT2D eigenvalue weighted by Crippen LogP contribution is -2.53. The molecule has 4 aliphatic rings. The zero-order chi connectivity index (χ0) is 18.8. The zero-order valence-corrected chi connectivity index (χ0v) is 17.3. The number of rotatable bonds is 2. The summed E-state index contributed by atoms with van der Waals surface area (Å²) >= 11 is 1.93. The molecule has 6 nitrogen and oxygen atoms in total. The minimum Gasteiger partial charge on any atom is -0.336 e. The number of carbonyl (C=O) groups excluding carboxylic acids is 2. The van der Waals surface area contributed by atoms with Gasteiger partial charge in [0.15, 0.2) is 0 Å². The van der Waals surface area contributed by atoms with Gasteiger partial charge in [0, 0.05) is 23.9 Å². The first-order chi connectivity index (χ1) is 12.5. The Hall–Kier alpha value is -0.790. The Morgan fingerprint density at radius 2 is 1.38 bits per heavy atom. The maximum Gasteiger partial charge on any atom is 0.240 e. The lowest BCUT2D eigenvalue weighted by molar-refractivity contribution is -0.139. The molecule has 0 aliphatic carbocycles. The van der Waals surface area contributed by atoms with E-state index in [0.717, 1.165) is 25.0 Å². The second-order valence-electron chi connectivity index (χ2n) is 8.05. The summed E-state index contributed by atoms with van der Waals surface area (Å²) < 4.78 is 0. The maximum absolute atomic E-state index is 11.9. The van der Waals surface area contributed by atoms with Gasteiger partial charge in [0.05, 0.1) is 17.5 Å². The van der Waals surface area contributed by atoms with E-state index in [1.54, 1.807) is 0 Å². The molecule has 4 aliphatic heterocycles. The lowest BCUT2D eigenvalue weighted by Gasteiger charge is -2.37. The summed E-state index contributed by atoms with van der Waals surface area (Å²) in [6.07, 6.45) is 6.74. The summed E-state index contributed by atoms with van der Waals surface area (Å²) in [6, 6.07) is 1.59. The van der Waals surface area contributed by atoms with Crippen LogP contribution < -0.4 is 10.6 Å². The van der Waals surface area contributed by atoms with E-state index in [9.17, 15) is 9.59 Å². The molecule has 7 heteroatoms. The molecule has 0 radical (unpaired) electrons. The summed E-state index contributed by atoms with van der Waals surface area (Å²) in [5, 5.41) is 6.65. The SMILES string of the molecule is CN[C@H]1CC[C@@H]2SC[C@@H](C)N2C1=O.CN[C@H]1CC[C@H]2CC[C@@H](C)N2C1=O. The van der Waals surface area contributed by atoms with Crippen LogP contribution in [0.3, 0.4) is 0 Å². The zero-order valence-electron chi connectivity index (χ0n) is 16.5. The standard InChI is InChI=1S/C10H18N2O.C9H16N2OS/c1-7-3-4-8-5-6-9(11-2)10(13)12(7)8;1-6-5-13-8-4-3-7(10-2)9(12)11(6)8/h7-9,11H,3-6H2,1-2H3;6-8,10H,3-5H2,1-2H3/t7-,8-,9+;6-,7+,8+/m11/s1. The van der Waals surface area contributed by atoms with Crippen molar-refractivity contribution >= 4 is 23.6 Å². The van der Waals surface area contributed by atoms with Gasteiger partial charge in [0.25, 0.3) is 0 Å². The Labute approximate surface area is 161 Å². The van der Waals surface area contributed by atoms with Crippen molar-refractivity contribution in [3.05, 3.63) is 0 Å². The molecular weight excluding hydrogens is 348 g/mol. The predicted molar refractivity (Wildman–Crippen MR) is 106 cm³/mol. The highest BCUT2D eigenvalue weighted by atomic mass is 32.2. The van der Waals surface area contributed by atoms with Crippen LogP contribution in [0.4, 0.5) is 0 Å². The summed E-state index contributed by atoms with van der Waals surface area (Å²) in [4.78, 5) is 28.0. The first-order valence-corrected chi connectivity index (χ1v) is 11.1. The maximum atomic E-state index is 11.9. The van der Waals surface area contributed by atoms with E-state index < -0.39 is 0 Å². The molecule has 4 heterocycles. The van der Waals surface area contributed by atoms with Gasteiger partial charge in [-0.25, -0.2) is 0 Å². The lowest BCUT2D eigenvalue weighted by atomic mass is 9.98. The van der Waals surface area contributed by atoms with Gasteiger partial charge < -0.3 is 20.4 Å². The molecule has 0 unspecified atom stereocenters. The number of hydrogen-bond acceptors (Lipinski definition) is 5. The van der Waals surface area contributed by atoms with Gasteiger partial charge in [-0.3, -0.25) is 9.59 Å². The molecule has 26 heavy (non-hydrogen) atoms. The van der Waals surface area contributed by atoms with Crippen molar-refractivity contribution in [1.29, 1.82) is 0 Å². The van der Waals surface area contributed by atoms with Gasteiger partial charge in [0.1, 0.15) is 0 Å². The van der Waals surface area contributed by atoms with E-state index in [1.807, 2.05) is 25.9 Å². The Morgan fingerprint density at radius 1 is 0.808 bits per heavy atom. The fourth-order valence-corrected chi connectivity index (χ4v) is 6.28. The molecular formula is C19H34N4O2S. The van der Waals surface area contributed by atoms with Crippen molar-refractivity contribution in [2.75, 3.05) is 19.8 Å². The summed E-state index contributed by atoms with van der Waals surface area (Å²) in [5.74, 6) is 1.73. The molecule has 0 aromatic heterocycles. The van der Waals surface area contributed by atoms with Crippen molar-refractivity contribution in [1.82, 2.24) is 20.4 Å². The molecule has 2 N–H and O–H groups in total. The average molecular weight is 383 g/mol. The van der Waals surface area contributed by atoms with Crippen molar-refractivity contribution in [2.45, 2.75) is 88.0 Å². The average Bonchev–Trinajstić information content (AvgIpc) is 3.20. The van der Waals surface area contributed by atoms with E-state index in [-0.39, 0.29) is 12.1 Å². The van der Waals surface area contributed by atoms with Gasteiger partial charge in [-0.15, -0.1) is 11.8 Å². The van der Waals surface area contributed by atoms with E-state index >= 15 is 0 Å². The Bertz CT molecular complexity index is 486. The fourth-order valence-electron chi connectivity index (χ4n) is 4.84. The van der Waals surface area contributed by atoms with Crippen LogP contribution in [-0.4, -0.2) is 77.0 Å². The largest absolute Gasteiger partial charge is 0.336 e.